The van der Waals surface area contributed by atoms with Crippen LogP contribution in [-0.4, -0.2) is 131 Å². The molecule has 0 heterocycles. The lowest BCUT2D eigenvalue weighted by molar-refractivity contribution is -0.130. The number of nitrogens with two attached hydrogens (primary N) is 2. The van der Waals surface area contributed by atoms with Crippen LogP contribution in [0.5, 0.6) is 0 Å². The minimum atomic E-state index is -0.871. The maximum atomic E-state index is 12.9. The maximum absolute atomic E-state index is 12.9. The number of benzene rings is 1. The molecule has 362 valence electrons. The van der Waals surface area contributed by atoms with E-state index in [-0.39, 0.29) is 106 Å². The van der Waals surface area contributed by atoms with Crippen LogP contribution in [0.3, 0.4) is 0 Å². The number of ketones is 2. The molecule has 1 atom stereocenters. The second kappa shape index (κ2) is 38.2. The highest BCUT2D eigenvalue weighted by Crippen LogP contribution is 2.06. The number of hydrogen-bond donors (Lipinski definition) is 7. The fourth-order valence-electron chi connectivity index (χ4n) is 5.11. The Morgan fingerprint density at radius 2 is 1.12 bits per heavy atom. The molecular formula is C44H75N9O11. The molecule has 0 saturated carbocycles. The zero-order valence-corrected chi connectivity index (χ0v) is 38.9. The Labute approximate surface area is 378 Å². The average molecular weight is 906 g/mol. The number of nitrogens with one attached hydrogen (secondary N) is 5. The Bertz CT molecular complexity index is 1580. The Hall–Kier alpha value is -5.31. The molecule has 0 aliphatic rings. The SMILES string of the molecule is CC.CC(=O)CCC(=O)NC(CCCCNC(=O)CCC(=O)C(C)C)C(=O)NCCC(=O)NCCOCCOCCOCCOCCC(=O)NCc1ccc(/C(N)=N/N=C(/C)N)cc1. The first-order valence-corrected chi connectivity index (χ1v) is 22.1. The van der Waals surface area contributed by atoms with E-state index in [2.05, 4.69) is 36.8 Å². The molecule has 0 spiro atoms. The highest BCUT2D eigenvalue weighted by atomic mass is 16.6. The summed E-state index contributed by atoms with van der Waals surface area (Å²) in [6.07, 6.45) is 1.90. The minimum absolute atomic E-state index is 0.0167. The van der Waals surface area contributed by atoms with Gasteiger partial charge in [-0.1, -0.05) is 52.0 Å². The molecule has 1 aromatic rings. The van der Waals surface area contributed by atoms with E-state index in [9.17, 15) is 33.6 Å². The number of hydrogen-bond acceptors (Lipinski definition) is 13. The smallest absolute Gasteiger partial charge is 0.242 e. The van der Waals surface area contributed by atoms with Gasteiger partial charge in [0.1, 0.15) is 23.4 Å². The molecule has 1 unspecified atom stereocenters. The first-order valence-electron chi connectivity index (χ1n) is 22.1. The van der Waals surface area contributed by atoms with E-state index < -0.39 is 17.9 Å². The number of carbonyl (C=O) groups excluding carboxylic acids is 7. The van der Waals surface area contributed by atoms with Crippen molar-refractivity contribution in [2.24, 2.45) is 27.6 Å². The molecule has 0 aromatic heterocycles. The summed E-state index contributed by atoms with van der Waals surface area (Å²) in [4.78, 5) is 84.7. The normalized spacial score (nSPS) is 11.8. The standard InChI is InChI=1S/C42H69N9O11.C2H6/c1-30(2)36(53)13-15-37(54)45-18-6-5-7-35(49-40(57)14-8-31(3)52)42(58)47-19-16-38(55)46-20-22-60-24-26-62-28-27-61-25-23-59-21-17-39(56)48-29-33-9-11-34(12-10-33)41(44)51-50-32(4)43;1-2/h9-12,30,35H,5-8,13-29H2,1-4H3,(H2,43,50)(H2,44,51)(H,45,54)(H,46,55)(H,47,58)(H,48,56)(H,49,57);1-2H3. The van der Waals surface area contributed by atoms with Crippen molar-refractivity contribution in [1.82, 2.24) is 26.6 Å². The van der Waals surface area contributed by atoms with Gasteiger partial charge < -0.3 is 61.8 Å². The first-order chi connectivity index (χ1) is 30.7. The van der Waals surface area contributed by atoms with Crippen molar-refractivity contribution >= 4 is 52.8 Å². The van der Waals surface area contributed by atoms with Crippen LogP contribution in [0.4, 0.5) is 0 Å². The van der Waals surface area contributed by atoms with Crippen LogP contribution >= 0.6 is 0 Å². The summed E-state index contributed by atoms with van der Waals surface area (Å²) in [5.74, 6) is -1.23. The third-order valence-corrected chi connectivity index (χ3v) is 8.70. The Morgan fingerprint density at radius 1 is 0.578 bits per heavy atom. The van der Waals surface area contributed by atoms with Crippen molar-refractivity contribution in [2.75, 3.05) is 72.5 Å². The summed E-state index contributed by atoms with van der Waals surface area (Å²) in [5, 5.41) is 21.2. The second-order valence-corrected chi connectivity index (χ2v) is 14.6. The molecule has 0 bridgehead atoms. The number of rotatable bonds is 36. The Morgan fingerprint density at radius 3 is 1.72 bits per heavy atom. The zero-order valence-electron chi connectivity index (χ0n) is 38.9. The molecule has 1 rings (SSSR count). The number of amides is 5. The molecular weight excluding hydrogens is 831 g/mol. The van der Waals surface area contributed by atoms with Gasteiger partial charge in [0.2, 0.25) is 29.5 Å². The lowest BCUT2D eigenvalue weighted by Gasteiger charge is -2.18. The molecule has 5 amide bonds. The van der Waals surface area contributed by atoms with Crippen LogP contribution in [0.25, 0.3) is 0 Å². The molecule has 0 saturated heterocycles. The molecule has 64 heavy (non-hydrogen) atoms. The zero-order chi connectivity index (χ0) is 48.0. The van der Waals surface area contributed by atoms with Crippen LogP contribution < -0.4 is 38.1 Å². The predicted molar refractivity (Wildman–Crippen MR) is 244 cm³/mol. The van der Waals surface area contributed by atoms with E-state index >= 15 is 0 Å². The predicted octanol–water partition coefficient (Wildman–Crippen LogP) is 1.55. The fraction of sp³-hybridized carbons (Fsp3) is 0.659. The number of amidine groups is 2. The highest BCUT2D eigenvalue weighted by molar-refractivity contribution is 5.97. The monoisotopic (exact) mass is 906 g/mol. The largest absolute Gasteiger partial charge is 0.386 e. The van der Waals surface area contributed by atoms with Gasteiger partial charge in [0.05, 0.1) is 52.9 Å². The first kappa shape index (κ1) is 58.7. The number of carbonyl (C=O) groups is 7. The Balaban J connectivity index is 0.0000195. The van der Waals surface area contributed by atoms with E-state index in [4.69, 9.17) is 30.4 Å². The summed E-state index contributed by atoms with van der Waals surface area (Å²) in [7, 11) is 0. The number of unbranched alkanes of at least 4 members (excludes halogenated alkanes) is 1. The number of nitrogens with zero attached hydrogens (tertiary/aromatic N) is 2. The van der Waals surface area contributed by atoms with Crippen molar-refractivity contribution < 1.29 is 52.5 Å². The fourth-order valence-corrected chi connectivity index (χ4v) is 5.11. The molecule has 1 aromatic carbocycles. The van der Waals surface area contributed by atoms with Crippen molar-refractivity contribution in [1.29, 1.82) is 0 Å². The molecule has 9 N–H and O–H groups in total. The summed E-state index contributed by atoms with van der Waals surface area (Å²) in [5.41, 5.74) is 12.9. The van der Waals surface area contributed by atoms with Gasteiger partial charge in [-0.05, 0) is 38.7 Å². The third-order valence-electron chi connectivity index (χ3n) is 8.70. The van der Waals surface area contributed by atoms with Gasteiger partial charge in [0.15, 0.2) is 5.84 Å². The maximum Gasteiger partial charge on any atom is 0.242 e. The van der Waals surface area contributed by atoms with Crippen LogP contribution in [-0.2, 0) is 59.1 Å². The van der Waals surface area contributed by atoms with Gasteiger partial charge in [-0.25, -0.2) is 0 Å². The van der Waals surface area contributed by atoms with Crippen LogP contribution in [0.2, 0.25) is 0 Å². The highest BCUT2D eigenvalue weighted by Gasteiger charge is 2.21. The van der Waals surface area contributed by atoms with Crippen molar-refractivity contribution in [3.63, 3.8) is 0 Å². The van der Waals surface area contributed by atoms with E-state index in [0.717, 1.165) is 5.56 Å². The minimum Gasteiger partial charge on any atom is -0.386 e. The van der Waals surface area contributed by atoms with Gasteiger partial charge in [-0.15, -0.1) is 10.2 Å². The summed E-state index contributed by atoms with van der Waals surface area (Å²) < 4.78 is 21.9. The molecule has 0 aliphatic heterocycles. The number of Topliss-reactive ketones (excluding diaryl/α,β-unsaturated/α-hetero) is 2. The third kappa shape index (κ3) is 33.3. The van der Waals surface area contributed by atoms with Gasteiger partial charge >= 0.3 is 0 Å². The average Bonchev–Trinajstić information content (AvgIpc) is 3.27. The quantitative estimate of drug-likeness (QED) is 0.0218. The van der Waals surface area contributed by atoms with Gasteiger partial charge in [-0.3, -0.25) is 28.8 Å². The van der Waals surface area contributed by atoms with Crippen molar-refractivity contribution in [2.45, 2.75) is 112 Å². The molecule has 0 aliphatic carbocycles. The van der Waals surface area contributed by atoms with Gasteiger partial charge in [-0.2, -0.15) is 0 Å². The molecule has 20 nitrogen and oxygen atoms in total. The molecule has 0 radical (unpaired) electrons. The van der Waals surface area contributed by atoms with Crippen LogP contribution in [0.15, 0.2) is 34.5 Å². The summed E-state index contributed by atoms with van der Waals surface area (Å²) >= 11 is 0. The lowest BCUT2D eigenvalue weighted by atomic mass is 10.0. The van der Waals surface area contributed by atoms with E-state index in [0.29, 0.717) is 83.4 Å². The Kier molecular flexibility index (Phi) is 35.0. The van der Waals surface area contributed by atoms with Crippen LogP contribution in [0, 0.1) is 5.92 Å². The van der Waals surface area contributed by atoms with Gasteiger partial charge in [0.25, 0.3) is 0 Å². The van der Waals surface area contributed by atoms with Crippen molar-refractivity contribution in [3.8, 4) is 0 Å². The topological polar surface area (TPSA) is 293 Å². The molecule has 20 heteroatoms. The van der Waals surface area contributed by atoms with Crippen LogP contribution in [0.1, 0.15) is 110 Å². The summed E-state index contributed by atoms with van der Waals surface area (Å²) in [6, 6.07) is 6.38. The van der Waals surface area contributed by atoms with E-state index in [1.165, 1.54) is 6.92 Å². The van der Waals surface area contributed by atoms with E-state index in [1.54, 1.807) is 32.9 Å². The number of ether oxygens (including phenoxy) is 4. The molecule has 0 fully saturated rings. The summed E-state index contributed by atoms with van der Waals surface area (Å²) in [6.45, 7) is 14.2. The lowest BCUT2D eigenvalue weighted by Crippen LogP contribution is -2.47. The van der Waals surface area contributed by atoms with Gasteiger partial charge in [0, 0.05) is 76.2 Å². The van der Waals surface area contributed by atoms with E-state index in [1.807, 2.05) is 26.0 Å². The van der Waals surface area contributed by atoms with Crippen molar-refractivity contribution in [3.05, 3.63) is 35.4 Å². The second-order valence-electron chi connectivity index (χ2n) is 14.6.